The molecule has 0 aliphatic carbocycles. The molecule has 17 heavy (non-hydrogen) atoms. The maximum atomic E-state index is 11.6. The molecule has 2 unspecified atom stereocenters. The lowest BCUT2D eigenvalue weighted by Crippen LogP contribution is -2.43. The van der Waals surface area contributed by atoms with Crippen molar-refractivity contribution >= 4 is 11.7 Å². The quantitative estimate of drug-likeness (QED) is 0.789. The largest absolute Gasteiger partial charge is 0.467 e. The van der Waals surface area contributed by atoms with Crippen molar-refractivity contribution in [2.75, 3.05) is 18.6 Å². The molecule has 2 rings (SSSR count). The number of carbonyl (C=O) groups is 1. The topological polar surface area (TPSA) is 49.8 Å². The highest BCUT2D eigenvalue weighted by Crippen LogP contribution is 2.34. The molecule has 2 atom stereocenters. The maximum Gasteiger partial charge on any atom is 0.328 e. The number of fused-ring (bicyclic) bond motifs is 1. The summed E-state index contributed by atoms with van der Waals surface area (Å²) in [5.41, 5.74) is 1.80. The van der Waals surface area contributed by atoms with Crippen LogP contribution >= 0.6 is 0 Å². The molecule has 0 saturated carbocycles. The fraction of sp³-hybridized carbons (Fsp3) is 0.462. The predicted octanol–water partition coefficient (Wildman–Crippen LogP) is 1.49. The van der Waals surface area contributed by atoms with Crippen LogP contribution in [0.1, 0.15) is 25.0 Å². The van der Waals surface area contributed by atoms with Crippen LogP contribution in [-0.2, 0) is 9.53 Å². The Balaban J connectivity index is 2.33. The first-order chi connectivity index (χ1) is 8.15. The van der Waals surface area contributed by atoms with Gasteiger partial charge in [0.25, 0.3) is 0 Å². The predicted molar refractivity (Wildman–Crippen MR) is 64.8 cm³/mol. The minimum atomic E-state index is -0.438. The Kier molecular flexibility index (Phi) is 3.33. The number of anilines is 1. The molecule has 0 aromatic heterocycles. The van der Waals surface area contributed by atoms with Crippen molar-refractivity contribution in [1.29, 1.82) is 0 Å². The lowest BCUT2D eigenvalue weighted by Gasteiger charge is -2.36. The Labute approximate surface area is 101 Å². The van der Waals surface area contributed by atoms with Gasteiger partial charge in [-0.25, -0.2) is 4.79 Å². The summed E-state index contributed by atoms with van der Waals surface area (Å²) >= 11 is 0. The molecule has 1 N–H and O–H groups in total. The standard InChI is InChI=1S/C13H17NO3/c1-9(13(16)17-2)14-8-7-12(15)10-5-3-4-6-11(10)14/h3-6,9,12,15H,7-8H2,1-2H3. The van der Waals surface area contributed by atoms with Gasteiger partial charge < -0.3 is 14.7 Å². The van der Waals surface area contributed by atoms with Gasteiger partial charge in [0.15, 0.2) is 0 Å². The number of esters is 1. The van der Waals surface area contributed by atoms with Gasteiger partial charge in [-0.05, 0) is 19.4 Å². The van der Waals surface area contributed by atoms with E-state index < -0.39 is 6.10 Å². The number of hydrogen-bond donors (Lipinski definition) is 1. The highest BCUT2D eigenvalue weighted by atomic mass is 16.5. The molecule has 0 saturated heterocycles. The first-order valence-electron chi connectivity index (χ1n) is 5.76. The van der Waals surface area contributed by atoms with Gasteiger partial charge in [0.1, 0.15) is 6.04 Å². The Bertz CT molecular complexity index is 419. The van der Waals surface area contributed by atoms with Gasteiger partial charge >= 0.3 is 5.97 Å². The third-order valence-corrected chi connectivity index (χ3v) is 3.26. The van der Waals surface area contributed by atoms with Crippen LogP contribution in [-0.4, -0.2) is 30.8 Å². The van der Waals surface area contributed by atoms with Gasteiger partial charge in [-0.15, -0.1) is 0 Å². The molecule has 0 radical (unpaired) electrons. The zero-order valence-electron chi connectivity index (χ0n) is 10.1. The average Bonchev–Trinajstić information content (AvgIpc) is 2.38. The highest BCUT2D eigenvalue weighted by Gasteiger charge is 2.29. The molecule has 1 aromatic carbocycles. The van der Waals surface area contributed by atoms with Gasteiger partial charge in [0, 0.05) is 17.8 Å². The van der Waals surface area contributed by atoms with E-state index in [2.05, 4.69) is 0 Å². The molecular weight excluding hydrogens is 218 g/mol. The summed E-state index contributed by atoms with van der Waals surface area (Å²) in [5.74, 6) is -0.254. The van der Waals surface area contributed by atoms with Gasteiger partial charge in [-0.2, -0.15) is 0 Å². The van der Waals surface area contributed by atoms with Crippen molar-refractivity contribution < 1.29 is 14.6 Å². The van der Waals surface area contributed by atoms with E-state index in [9.17, 15) is 9.90 Å². The zero-order valence-corrected chi connectivity index (χ0v) is 10.1. The molecule has 1 heterocycles. The number of methoxy groups -OCH3 is 1. The lowest BCUT2D eigenvalue weighted by atomic mass is 9.97. The van der Waals surface area contributed by atoms with Gasteiger partial charge in [-0.3, -0.25) is 0 Å². The van der Waals surface area contributed by atoms with Crippen LogP contribution in [0.4, 0.5) is 5.69 Å². The summed E-state index contributed by atoms with van der Waals surface area (Å²) in [6, 6.07) is 7.31. The van der Waals surface area contributed by atoms with Crippen molar-refractivity contribution in [3.63, 3.8) is 0 Å². The molecule has 1 aliphatic heterocycles. The fourth-order valence-electron chi connectivity index (χ4n) is 2.27. The van der Waals surface area contributed by atoms with E-state index in [0.717, 1.165) is 11.3 Å². The number of benzene rings is 1. The van der Waals surface area contributed by atoms with Gasteiger partial charge in [0.2, 0.25) is 0 Å². The number of aliphatic hydroxyl groups is 1. The minimum Gasteiger partial charge on any atom is -0.467 e. The van der Waals surface area contributed by atoms with Crippen molar-refractivity contribution in [3.05, 3.63) is 29.8 Å². The molecule has 0 fully saturated rings. The van der Waals surface area contributed by atoms with Crippen LogP contribution in [0.25, 0.3) is 0 Å². The van der Waals surface area contributed by atoms with Crippen LogP contribution in [0.5, 0.6) is 0 Å². The SMILES string of the molecule is COC(=O)C(C)N1CCC(O)c2ccccc21. The molecule has 0 spiro atoms. The summed E-state index contributed by atoms with van der Waals surface area (Å²) < 4.78 is 4.76. The monoisotopic (exact) mass is 235 g/mol. The number of hydrogen-bond acceptors (Lipinski definition) is 4. The normalized spacial score (nSPS) is 20.6. The number of carbonyl (C=O) groups excluding carboxylic acids is 1. The van der Waals surface area contributed by atoms with E-state index in [1.165, 1.54) is 7.11 Å². The second-order valence-electron chi connectivity index (χ2n) is 4.26. The Morgan fingerprint density at radius 3 is 2.94 bits per heavy atom. The number of aliphatic hydroxyl groups excluding tert-OH is 1. The summed E-state index contributed by atoms with van der Waals surface area (Å²) in [7, 11) is 1.39. The minimum absolute atomic E-state index is 0.254. The molecule has 1 aromatic rings. The molecule has 0 amide bonds. The molecule has 0 bridgehead atoms. The van der Waals surface area contributed by atoms with Gasteiger partial charge in [0.05, 0.1) is 13.2 Å². The smallest absolute Gasteiger partial charge is 0.328 e. The molecule has 92 valence electrons. The molecular formula is C13H17NO3. The van der Waals surface area contributed by atoms with Crippen molar-refractivity contribution in [2.24, 2.45) is 0 Å². The van der Waals surface area contributed by atoms with E-state index in [0.29, 0.717) is 13.0 Å². The number of rotatable bonds is 2. The lowest BCUT2D eigenvalue weighted by molar-refractivity contribution is -0.141. The Morgan fingerprint density at radius 1 is 1.53 bits per heavy atom. The van der Waals surface area contributed by atoms with E-state index >= 15 is 0 Å². The average molecular weight is 235 g/mol. The Hall–Kier alpha value is -1.55. The van der Waals surface area contributed by atoms with Crippen LogP contribution in [0.15, 0.2) is 24.3 Å². The summed E-state index contributed by atoms with van der Waals surface area (Å²) in [4.78, 5) is 13.6. The molecule has 1 aliphatic rings. The summed E-state index contributed by atoms with van der Waals surface area (Å²) in [5, 5.41) is 9.91. The maximum absolute atomic E-state index is 11.6. The highest BCUT2D eigenvalue weighted by molar-refractivity contribution is 5.80. The molecule has 4 heteroatoms. The van der Waals surface area contributed by atoms with Crippen molar-refractivity contribution in [1.82, 2.24) is 0 Å². The Morgan fingerprint density at radius 2 is 2.24 bits per heavy atom. The van der Waals surface area contributed by atoms with Crippen molar-refractivity contribution in [3.8, 4) is 0 Å². The number of nitrogens with zero attached hydrogens (tertiary/aromatic N) is 1. The van der Waals surface area contributed by atoms with Crippen LogP contribution in [0.2, 0.25) is 0 Å². The summed E-state index contributed by atoms with van der Waals surface area (Å²) in [6.45, 7) is 2.48. The number of para-hydroxylation sites is 1. The van der Waals surface area contributed by atoms with E-state index in [-0.39, 0.29) is 12.0 Å². The third kappa shape index (κ3) is 2.13. The van der Waals surface area contributed by atoms with E-state index in [4.69, 9.17) is 4.74 Å². The van der Waals surface area contributed by atoms with Crippen LogP contribution in [0.3, 0.4) is 0 Å². The van der Waals surface area contributed by atoms with E-state index in [1.807, 2.05) is 36.1 Å². The van der Waals surface area contributed by atoms with E-state index in [1.54, 1.807) is 0 Å². The number of ether oxygens (including phenoxy) is 1. The third-order valence-electron chi connectivity index (χ3n) is 3.26. The van der Waals surface area contributed by atoms with Crippen LogP contribution in [0, 0.1) is 0 Å². The summed E-state index contributed by atoms with van der Waals surface area (Å²) in [6.07, 6.45) is 0.200. The first kappa shape index (κ1) is 11.9. The van der Waals surface area contributed by atoms with Gasteiger partial charge in [-0.1, -0.05) is 18.2 Å². The first-order valence-corrected chi connectivity index (χ1v) is 5.76. The second kappa shape index (κ2) is 4.75. The van der Waals surface area contributed by atoms with Crippen LogP contribution < -0.4 is 4.90 Å². The molecule has 4 nitrogen and oxygen atoms in total. The fourth-order valence-corrected chi connectivity index (χ4v) is 2.27. The van der Waals surface area contributed by atoms with Crippen molar-refractivity contribution in [2.45, 2.75) is 25.5 Å². The zero-order chi connectivity index (χ0) is 12.4. The second-order valence-corrected chi connectivity index (χ2v) is 4.26.